The van der Waals surface area contributed by atoms with Gasteiger partial charge in [-0.2, -0.15) is 5.10 Å². The van der Waals surface area contributed by atoms with Crippen LogP contribution in [0.2, 0.25) is 0 Å². The number of benzene rings is 2. The first-order valence-corrected chi connectivity index (χ1v) is 11.3. The van der Waals surface area contributed by atoms with Crippen LogP contribution in [0, 0.1) is 0 Å². The van der Waals surface area contributed by atoms with Crippen LogP contribution in [0.3, 0.4) is 0 Å². The molecule has 0 radical (unpaired) electrons. The summed E-state index contributed by atoms with van der Waals surface area (Å²) in [6.07, 6.45) is 4.00. The first-order valence-electron chi connectivity index (χ1n) is 11.3. The van der Waals surface area contributed by atoms with Crippen molar-refractivity contribution in [2.45, 2.75) is 64.1 Å². The van der Waals surface area contributed by atoms with Gasteiger partial charge < -0.3 is 15.7 Å². The first-order chi connectivity index (χ1) is 15.3. The highest BCUT2D eigenvalue weighted by Crippen LogP contribution is 2.40. The standard InChI is InChI=1S/C26H32N4O2/c1-5-26(6-2,19-12-14-20(31)15-13-19)29-24(32)21-17-27-30-23(21)28-22(16-25(30,3)4)18-10-8-7-9-11-18/h7-15,17,22,28,31H,5-6,16H2,1-4H3,(H,29,32). The molecule has 4 rings (SSSR count). The molecule has 1 aliphatic heterocycles. The summed E-state index contributed by atoms with van der Waals surface area (Å²) in [6, 6.07) is 17.5. The predicted molar refractivity (Wildman–Crippen MR) is 127 cm³/mol. The van der Waals surface area contributed by atoms with E-state index < -0.39 is 5.54 Å². The van der Waals surface area contributed by atoms with E-state index in [-0.39, 0.29) is 23.2 Å². The van der Waals surface area contributed by atoms with E-state index in [4.69, 9.17) is 0 Å². The van der Waals surface area contributed by atoms with Gasteiger partial charge in [0.1, 0.15) is 17.1 Å². The van der Waals surface area contributed by atoms with E-state index in [1.807, 2.05) is 35.0 Å². The molecule has 32 heavy (non-hydrogen) atoms. The molecule has 0 saturated heterocycles. The van der Waals surface area contributed by atoms with Crippen LogP contribution in [-0.2, 0) is 11.1 Å². The molecule has 2 aromatic carbocycles. The fourth-order valence-corrected chi connectivity index (χ4v) is 4.77. The molecule has 3 aromatic rings. The van der Waals surface area contributed by atoms with Crippen molar-refractivity contribution in [1.82, 2.24) is 15.1 Å². The third kappa shape index (κ3) is 3.85. The zero-order valence-electron chi connectivity index (χ0n) is 19.2. The Labute approximate surface area is 189 Å². The highest BCUT2D eigenvalue weighted by Gasteiger charge is 2.38. The number of hydrogen-bond donors (Lipinski definition) is 3. The number of amides is 1. The first kappa shape index (κ1) is 21.9. The summed E-state index contributed by atoms with van der Waals surface area (Å²) >= 11 is 0. The molecule has 0 fully saturated rings. The number of hydrogen-bond acceptors (Lipinski definition) is 4. The molecular formula is C26H32N4O2. The summed E-state index contributed by atoms with van der Waals surface area (Å²) in [5, 5.41) is 21.1. The second kappa shape index (κ2) is 8.34. The molecule has 1 aromatic heterocycles. The molecule has 0 spiro atoms. The van der Waals surface area contributed by atoms with Crippen LogP contribution in [0.25, 0.3) is 0 Å². The second-order valence-electron chi connectivity index (χ2n) is 9.23. The summed E-state index contributed by atoms with van der Waals surface area (Å²) < 4.78 is 1.93. The lowest BCUT2D eigenvalue weighted by Gasteiger charge is -2.38. The van der Waals surface area contributed by atoms with Crippen LogP contribution in [0.4, 0.5) is 5.82 Å². The van der Waals surface area contributed by atoms with E-state index in [1.54, 1.807) is 18.3 Å². The van der Waals surface area contributed by atoms with Crippen molar-refractivity contribution in [2.75, 3.05) is 5.32 Å². The van der Waals surface area contributed by atoms with Gasteiger partial charge in [-0.05, 0) is 56.4 Å². The van der Waals surface area contributed by atoms with Crippen molar-refractivity contribution >= 4 is 11.7 Å². The highest BCUT2D eigenvalue weighted by atomic mass is 16.3. The normalized spacial score (nSPS) is 17.3. The number of nitrogens with zero attached hydrogens (tertiary/aromatic N) is 2. The Morgan fingerprint density at radius 1 is 1.16 bits per heavy atom. The van der Waals surface area contributed by atoms with Gasteiger partial charge in [0.25, 0.3) is 5.91 Å². The number of anilines is 1. The second-order valence-corrected chi connectivity index (χ2v) is 9.23. The number of carbonyl (C=O) groups excluding carboxylic acids is 1. The minimum atomic E-state index is -0.525. The van der Waals surface area contributed by atoms with Crippen LogP contribution < -0.4 is 10.6 Å². The number of fused-ring (bicyclic) bond motifs is 1. The SMILES string of the molecule is CCC(CC)(NC(=O)c1cnn2c1NC(c1ccccc1)CC2(C)C)c1ccc(O)cc1. The number of phenols is 1. The molecule has 6 nitrogen and oxygen atoms in total. The van der Waals surface area contributed by atoms with Crippen LogP contribution in [0.15, 0.2) is 60.8 Å². The maximum Gasteiger partial charge on any atom is 0.257 e. The molecule has 0 aliphatic carbocycles. The molecule has 0 saturated carbocycles. The van der Waals surface area contributed by atoms with Crippen molar-refractivity contribution in [1.29, 1.82) is 0 Å². The van der Waals surface area contributed by atoms with E-state index in [0.717, 1.165) is 30.6 Å². The number of carbonyl (C=O) groups is 1. The van der Waals surface area contributed by atoms with Gasteiger partial charge in [-0.15, -0.1) is 0 Å². The topological polar surface area (TPSA) is 79.2 Å². The number of rotatable bonds is 6. The Kier molecular flexibility index (Phi) is 5.71. The Morgan fingerprint density at radius 2 is 1.81 bits per heavy atom. The van der Waals surface area contributed by atoms with Crippen molar-refractivity contribution < 1.29 is 9.90 Å². The average Bonchev–Trinajstić information content (AvgIpc) is 3.24. The molecule has 1 aliphatic rings. The Morgan fingerprint density at radius 3 is 2.44 bits per heavy atom. The minimum Gasteiger partial charge on any atom is -0.508 e. The Balaban J connectivity index is 1.67. The van der Waals surface area contributed by atoms with Crippen LogP contribution in [0.1, 0.15) is 74.5 Å². The number of aromatic hydroxyl groups is 1. The summed E-state index contributed by atoms with van der Waals surface area (Å²) in [7, 11) is 0. The van der Waals surface area contributed by atoms with Gasteiger partial charge in [0.15, 0.2) is 0 Å². The molecule has 1 atom stereocenters. The summed E-state index contributed by atoms with van der Waals surface area (Å²) in [5.41, 5.74) is 1.96. The van der Waals surface area contributed by atoms with E-state index in [2.05, 4.69) is 55.6 Å². The van der Waals surface area contributed by atoms with Crippen molar-refractivity contribution in [3.8, 4) is 5.75 Å². The number of aromatic nitrogens is 2. The summed E-state index contributed by atoms with van der Waals surface area (Å²) in [4.78, 5) is 13.6. The summed E-state index contributed by atoms with van der Waals surface area (Å²) in [6.45, 7) is 8.44. The molecule has 1 unspecified atom stereocenters. The largest absolute Gasteiger partial charge is 0.508 e. The van der Waals surface area contributed by atoms with E-state index >= 15 is 0 Å². The van der Waals surface area contributed by atoms with Crippen molar-refractivity contribution in [3.05, 3.63) is 77.5 Å². The van der Waals surface area contributed by atoms with Crippen LogP contribution in [-0.4, -0.2) is 20.8 Å². The van der Waals surface area contributed by atoms with Gasteiger partial charge >= 0.3 is 0 Å². The Bertz CT molecular complexity index is 1080. The number of phenolic OH excluding ortho intramolecular Hbond substituents is 1. The molecule has 6 heteroatoms. The summed E-state index contributed by atoms with van der Waals surface area (Å²) in [5.74, 6) is 0.810. The molecule has 3 N–H and O–H groups in total. The zero-order valence-corrected chi connectivity index (χ0v) is 19.2. The molecule has 168 valence electrons. The number of nitrogens with one attached hydrogen (secondary N) is 2. The molecule has 0 bridgehead atoms. The lowest BCUT2D eigenvalue weighted by Crippen LogP contribution is -2.45. The van der Waals surface area contributed by atoms with Gasteiger partial charge in [0.2, 0.25) is 0 Å². The molecule has 1 amide bonds. The monoisotopic (exact) mass is 432 g/mol. The fourth-order valence-electron chi connectivity index (χ4n) is 4.77. The molecule has 2 heterocycles. The maximum absolute atomic E-state index is 13.6. The smallest absolute Gasteiger partial charge is 0.257 e. The van der Waals surface area contributed by atoms with Crippen molar-refractivity contribution in [2.24, 2.45) is 0 Å². The quantitative estimate of drug-likeness (QED) is 0.492. The van der Waals surface area contributed by atoms with E-state index in [0.29, 0.717) is 5.56 Å². The average molecular weight is 433 g/mol. The fraction of sp³-hybridized carbons (Fsp3) is 0.385. The van der Waals surface area contributed by atoms with Gasteiger partial charge in [0, 0.05) is 0 Å². The van der Waals surface area contributed by atoms with Gasteiger partial charge in [-0.3, -0.25) is 4.79 Å². The maximum atomic E-state index is 13.6. The van der Waals surface area contributed by atoms with Gasteiger partial charge in [0.05, 0.1) is 23.3 Å². The lowest BCUT2D eigenvalue weighted by molar-refractivity contribution is 0.0890. The molecular weight excluding hydrogens is 400 g/mol. The van der Waals surface area contributed by atoms with Gasteiger partial charge in [-0.25, -0.2) is 4.68 Å². The van der Waals surface area contributed by atoms with Crippen LogP contribution >= 0.6 is 0 Å². The minimum absolute atomic E-state index is 0.0983. The van der Waals surface area contributed by atoms with Crippen molar-refractivity contribution in [3.63, 3.8) is 0 Å². The lowest BCUT2D eigenvalue weighted by atomic mass is 9.84. The third-order valence-electron chi connectivity index (χ3n) is 6.78. The van der Waals surface area contributed by atoms with E-state index in [9.17, 15) is 9.90 Å². The highest BCUT2D eigenvalue weighted by molar-refractivity contribution is 5.99. The van der Waals surface area contributed by atoms with Crippen LogP contribution in [0.5, 0.6) is 5.75 Å². The Hall–Kier alpha value is -3.28. The van der Waals surface area contributed by atoms with Gasteiger partial charge in [-0.1, -0.05) is 56.3 Å². The predicted octanol–water partition coefficient (Wildman–Crippen LogP) is 5.33. The third-order valence-corrected chi connectivity index (χ3v) is 6.78. The zero-order chi connectivity index (χ0) is 22.9. The van der Waals surface area contributed by atoms with E-state index in [1.165, 1.54) is 5.56 Å².